The summed E-state index contributed by atoms with van der Waals surface area (Å²) in [5, 5.41) is -0.191. The highest BCUT2D eigenvalue weighted by atomic mass is 32.1. The van der Waals surface area contributed by atoms with E-state index in [2.05, 4.69) is 0 Å². The molecule has 0 saturated heterocycles. The third kappa shape index (κ3) is 4.55. The molecule has 3 heterocycles. The predicted octanol–water partition coefficient (Wildman–Crippen LogP) is 12.0. The van der Waals surface area contributed by atoms with Crippen LogP contribution in [0.5, 0.6) is 0 Å². The lowest BCUT2D eigenvalue weighted by Crippen LogP contribution is -2.04. The highest BCUT2D eigenvalue weighted by Gasteiger charge is 2.21. The van der Waals surface area contributed by atoms with Gasteiger partial charge < -0.3 is 4.57 Å². The summed E-state index contributed by atoms with van der Waals surface area (Å²) >= 11 is 0.912. The molecular formula is C45H28N4S. The lowest BCUT2D eigenvalue weighted by molar-refractivity contribution is 1.06. The van der Waals surface area contributed by atoms with Crippen LogP contribution >= 0.6 is 11.3 Å². The van der Waals surface area contributed by atoms with Crippen LogP contribution in [0.15, 0.2) is 169 Å². The molecule has 0 aliphatic rings. The fraction of sp³-hybridized carbons (Fsp3) is 0. The Morgan fingerprint density at radius 1 is 0.440 bits per heavy atom. The van der Waals surface area contributed by atoms with Crippen molar-refractivity contribution in [1.29, 1.82) is 0 Å². The molecule has 10 rings (SSSR count). The molecule has 0 radical (unpaired) electrons. The molecule has 10 aromatic rings. The van der Waals surface area contributed by atoms with Gasteiger partial charge >= 0.3 is 0 Å². The zero-order chi connectivity index (χ0) is 49.6. The Hall–Kier alpha value is -6.43. The molecule has 234 valence electrons. The topological polar surface area (TPSA) is 43.6 Å². The normalized spacial score (nSPS) is 16.9. The third-order valence-corrected chi connectivity index (χ3v) is 9.32. The molecule has 5 heteroatoms. The van der Waals surface area contributed by atoms with Gasteiger partial charge in [-0.15, -0.1) is 11.3 Å². The van der Waals surface area contributed by atoms with Crippen molar-refractivity contribution in [2.45, 2.75) is 0 Å². The smallest absolute Gasteiger partial charge is 0.166 e. The van der Waals surface area contributed by atoms with Crippen LogP contribution < -0.4 is 0 Å². The van der Waals surface area contributed by atoms with Crippen molar-refractivity contribution in [2.75, 3.05) is 0 Å². The van der Waals surface area contributed by atoms with E-state index >= 15 is 0 Å². The molecule has 0 bridgehead atoms. The summed E-state index contributed by atoms with van der Waals surface area (Å²) in [6.07, 6.45) is 0. The van der Waals surface area contributed by atoms with Gasteiger partial charge in [-0.1, -0.05) is 139 Å². The van der Waals surface area contributed by atoms with Gasteiger partial charge in [0.25, 0.3) is 0 Å². The molecule has 0 saturated carbocycles. The van der Waals surface area contributed by atoms with Crippen LogP contribution in [-0.4, -0.2) is 19.5 Å². The number of benzene rings is 7. The number of thiophene rings is 1. The van der Waals surface area contributed by atoms with Crippen LogP contribution in [0.3, 0.4) is 0 Å². The molecule has 50 heavy (non-hydrogen) atoms. The average Bonchev–Trinajstić information content (AvgIpc) is 3.92. The van der Waals surface area contributed by atoms with Crippen LogP contribution in [0.25, 0.3) is 93.0 Å². The first kappa shape index (κ1) is 15.4. The second-order valence-electron chi connectivity index (χ2n) is 11.0. The number of rotatable bonds is 5. The van der Waals surface area contributed by atoms with Gasteiger partial charge in [-0.2, -0.15) is 0 Å². The number of nitrogens with zero attached hydrogens (tertiary/aromatic N) is 4. The molecule has 7 aromatic carbocycles. The molecule has 0 fully saturated rings. The SMILES string of the molecule is [2H]c1cc([2H])c2c(c1[2H])c1c([2H])c([2H])c([2H])c([2H])c1n2-c1ccccc1-c1nc(-c2ccccc2-c2c([2H])c([2H])c([2H])c3c2sc2c([2H])c([2H])c([2H])c([2H])c23)nc(-c2c([2H])c([2H])c([2H])c([2H])c2[2H])n1. The van der Waals surface area contributed by atoms with Gasteiger partial charge in [0.05, 0.1) is 42.8 Å². The molecule has 0 N–H and O–H groups in total. The first-order chi connectivity index (χ1) is 32.7. The van der Waals surface area contributed by atoms with Crippen molar-refractivity contribution in [1.82, 2.24) is 19.5 Å². The summed E-state index contributed by atoms with van der Waals surface area (Å²) in [7, 11) is 0. The summed E-state index contributed by atoms with van der Waals surface area (Å²) in [5.74, 6) is -0.842. The van der Waals surface area contributed by atoms with Gasteiger partial charge in [-0.05, 0) is 35.8 Å². The van der Waals surface area contributed by atoms with E-state index in [1.165, 1.54) is 4.57 Å². The Morgan fingerprint density at radius 3 is 1.92 bits per heavy atom. The summed E-state index contributed by atoms with van der Waals surface area (Å²) in [5.41, 5.74) is -0.0262. The number of aromatic nitrogens is 4. The van der Waals surface area contributed by atoms with Gasteiger partial charge in [0.2, 0.25) is 0 Å². The number of hydrogen-bond donors (Lipinski definition) is 0. The quantitative estimate of drug-likeness (QED) is 0.182. The summed E-state index contributed by atoms with van der Waals surface area (Å²) in [6, 6.07) is 3.76. The Bertz CT molecular complexity index is 3950. The zero-order valence-corrected chi connectivity index (χ0v) is 26.2. The van der Waals surface area contributed by atoms with Crippen LogP contribution in [0, 0.1) is 0 Å². The second kappa shape index (κ2) is 11.6. The molecule has 0 atom stereocenters. The van der Waals surface area contributed by atoms with Crippen molar-refractivity contribution >= 4 is 53.3 Å². The van der Waals surface area contributed by atoms with E-state index in [0.29, 0.717) is 0 Å². The van der Waals surface area contributed by atoms with Gasteiger partial charge in [-0.25, -0.2) is 15.0 Å². The first-order valence-electron chi connectivity index (χ1n) is 24.7. The van der Waals surface area contributed by atoms with Crippen LogP contribution in [0.1, 0.15) is 26.0 Å². The first-order valence-corrected chi connectivity index (χ1v) is 16.0. The molecular weight excluding hydrogens is 629 g/mol. The lowest BCUT2D eigenvalue weighted by Gasteiger charge is -2.15. The van der Waals surface area contributed by atoms with Crippen LogP contribution in [-0.2, 0) is 0 Å². The predicted molar refractivity (Wildman–Crippen MR) is 209 cm³/mol. The van der Waals surface area contributed by atoms with E-state index in [9.17, 15) is 1.37 Å². The van der Waals surface area contributed by atoms with Gasteiger partial charge in [-0.3, -0.25) is 0 Å². The minimum absolute atomic E-state index is 0.00278. The van der Waals surface area contributed by atoms with E-state index in [-0.39, 0.29) is 99.7 Å². The Labute approximate surface area is 319 Å². The van der Waals surface area contributed by atoms with Crippen LogP contribution in [0.2, 0.25) is 0 Å². The van der Waals surface area contributed by atoms with Gasteiger partial charge in [0.1, 0.15) is 0 Å². The summed E-state index contributed by atoms with van der Waals surface area (Å²) in [6.45, 7) is 0. The Balaban J connectivity index is 1.34. The Morgan fingerprint density at radius 2 is 1.06 bits per heavy atom. The summed E-state index contributed by atoms with van der Waals surface area (Å²) < 4.78 is 168. The minimum Gasteiger partial charge on any atom is -0.309 e. The molecule has 0 unspecified atom stereocenters. The Kier molecular flexibility index (Phi) is 3.58. The number of fused-ring (bicyclic) bond motifs is 6. The minimum atomic E-state index is -0.698. The number of hydrogen-bond acceptors (Lipinski definition) is 4. The fourth-order valence-corrected chi connectivity index (χ4v) is 7.15. The van der Waals surface area contributed by atoms with E-state index in [1.807, 2.05) is 0 Å². The van der Waals surface area contributed by atoms with Crippen molar-refractivity contribution in [2.24, 2.45) is 0 Å². The average molecular weight is 676 g/mol. The van der Waals surface area contributed by atoms with Gasteiger partial charge in [0.15, 0.2) is 17.5 Å². The fourth-order valence-electron chi connectivity index (χ4n) is 6.07. The largest absolute Gasteiger partial charge is 0.309 e. The molecule has 3 aromatic heterocycles. The zero-order valence-electron chi connectivity index (χ0n) is 44.4. The van der Waals surface area contributed by atoms with Crippen LogP contribution in [0.4, 0.5) is 0 Å². The molecule has 0 aliphatic heterocycles. The van der Waals surface area contributed by atoms with Crippen molar-refractivity contribution in [3.8, 4) is 51.0 Å². The van der Waals surface area contributed by atoms with Crippen molar-refractivity contribution < 1.29 is 26.0 Å². The maximum Gasteiger partial charge on any atom is 0.166 e. The highest BCUT2D eigenvalue weighted by molar-refractivity contribution is 7.26. The lowest BCUT2D eigenvalue weighted by atomic mass is 9.97. The molecule has 0 aliphatic carbocycles. The van der Waals surface area contributed by atoms with E-state index in [0.717, 1.165) is 17.4 Å². The monoisotopic (exact) mass is 675 g/mol. The van der Waals surface area contributed by atoms with E-state index < -0.39 is 108 Å². The van der Waals surface area contributed by atoms with Gasteiger partial charge in [0, 0.05) is 53.2 Å². The highest BCUT2D eigenvalue weighted by Crippen LogP contribution is 2.43. The summed E-state index contributed by atoms with van der Waals surface area (Å²) in [4.78, 5) is 14.3. The van der Waals surface area contributed by atoms with E-state index in [4.69, 9.17) is 39.6 Å². The maximum absolute atomic E-state index is 9.28. The van der Waals surface area contributed by atoms with Crippen molar-refractivity contribution in [3.63, 3.8) is 0 Å². The molecule has 0 amide bonds. The van der Waals surface area contributed by atoms with E-state index in [1.54, 1.807) is 48.5 Å². The molecule has 4 nitrogen and oxygen atoms in total. The standard InChI is InChI=1S/C45H28N4S/c1-2-15-29(16-3-1)43-46-44(36-21-5-4-17-30(36)34-23-14-24-35-33-20-9-13-28-41(33)50-42(34)35)48-45(47-43)37-22-8-12-27-40(37)49-38-25-10-6-18-31(38)32-19-7-11-26-39(32)49/h1-28H/i1D,2D,3D,6D,7D,9D,10D,13D,14D,15D,16D,18D,19D,20D,23D,24D,25D,26D,28D. The second-order valence-corrected chi connectivity index (χ2v) is 12.0. The third-order valence-electron chi connectivity index (χ3n) is 8.20. The van der Waals surface area contributed by atoms with Crippen molar-refractivity contribution in [3.05, 3.63) is 169 Å². The maximum atomic E-state index is 9.28. The molecule has 0 spiro atoms. The number of para-hydroxylation sites is 3.